The van der Waals surface area contributed by atoms with Gasteiger partial charge in [0, 0.05) is 6.42 Å². The number of carbonyl (C=O) groups excluding carboxylic acids is 1. The minimum Gasteiger partial charge on any atom is -0.507 e. The fraction of sp³-hybridized carbons (Fsp3) is 0.526. The first kappa shape index (κ1) is 20.7. The van der Waals surface area contributed by atoms with E-state index in [4.69, 9.17) is 5.11 Å². The van der Waals surface area contributed by atoms with Gasteiger partial charge in [-0.05, 0) is 25.0 Å². The zero-order chi connectivity index (χ0) is 18.7. The van der Waals surface area contributed by atoms with E-state index in [-0.39, 0.29) is 24.2 Å². The minimum absolute atomic E-state index is 0.0494. The summed E-state index contributed by atoms with van der Waals surface area (Å²) in [5.41, 5.74) is 0.0494. The molecule has 6 heteroatoms. The van der Waals surface area contributed by atoms with Crippen molar-refractivity contribution in [2.45, 2.75) is 57.8 Å². The molecule has 0 aliphatic rings. The molecule has 0 amide bonds. The number of aromatic hydroxyl groups is 1. The molecule has 0 aliphatic carbocycles. The van der Waals surface area contributed by atoms with Crippen molar-refractivity contribution in [2.75, 3.05) is 0 Å². The average Bonchev–Trinajstić information content (AvgIpc) is 2.56. The van der Waals surface area contributed by atoms with Crippen LogP contribution in [0.25, 0.3) is 0 Å². The molecule has 1 unspecified atom stereocenters. The molecule has 0 fully saturated rings. The Morgan fingerprint density at radius 2 is 1.40 bits per heavy atom. The van der Waals surface area contributed by atoms with Crippen LogP contribution in [0.4, 0.5) is 0 Å². The summed E-state index contributed by atoms with van der Waals surface area (Å²) in [5.74, 6) is -3.82. The monoisotopic (exact) mass is 350 g/mol. The highest BCUT2D eigenvalue weighted by Crippen LogP contribution is 2.23. The van der Waals surface area contributed by atoms with Gasteiger partial charge >= 0.3 is 11.9 Å². The van der Waals surface area contributed by atoms with Gasteiger partial charge in [0.05, 0.1) is 5.56 Å². The molecule has 3 N–H and O–H groups in total. The van der Waals surface area contributed by atoms with E-state index in [1.54, 1.807) is 12.1 Å². The Morgan fingerprint density at radius 1 is 0.840 bits per heavy atom. The molecule has 138 valence electrons. The number of rotatable bonds is 13. The number of unbranched alkanes of at least 4 members (excludes halogenated alkanes) is 6. The van der Waals surface area contributed by atoms with E-state index in [0.29, 0.717) is 12.8 Å². The first-order valence-electron chi connectivity index (χ1n) is 8.70. The van der Waals surface area contributed by atoms with Crippen molar-refractivity contribution in [3.8, 4) is 5.75 Å². The molecule has 1 atom stereocenters. The summed E-state index contributed by atoms with van der Waals surface area (Å²) in [5, 5.41) is 27.5. The lowest BCUT2D eigenvalue weighted by Crippen LogP contribution is -2.24. The third-order valence-electron chi connectivity index (χ3n) is 4.17. The predicted molar refractivity (Wildman–Crippen MR) is 92.8 cm³/mol. The van der Waals surface area contributed by atoms with Gasteiger partial charge in [0.15, 0.2) is 5.78 Å². The Bertz CT molecular complexity index is 581. The van der Waals surface area contributed by atoms with Crippen LogP contribution in [0.3, 0.4) is 0 Å². The van der Waals surface area contributed by atoms with Crippen molar-refractivity contribution in [1.82, 2.24) is 0 Å². The molecule has 1 rings (SSSR count). The van der Waals surface area contributed by atoms with E-state index >= 15 is 0 Å². The van der Waals surface area contributed by atoms with E-state index in [2.05, 4.69) is 0 Å². The number of benzene rings is 1. The van der Waals surface area contributed by atoms with E-state index in [9.17, 15) is 24.6 Å². The number of phenols is 1. The maximum absolute atomic E-state index is 12.3. The van der Waals surface area contributed by atoms with E-state index in [0.717, 1.165) is 32.1 Å². The first-order chi connectivity index (χ1) is 11.9. The molecule has 0 heterocycles. The molecule has 0 spiro atoms. The van der Waals surface area contributed by atoms with Gasteiger partial charge in [-0.15, -0.1) is 0 Å². The second kappa shape index (κ2) is 11.2. The number of ketones is 1. The largest absolute Gasteiger partial charge is 0.507 e. The van der Waals surface area contributed by atoms with Crippen LogP contribution in [0.2, 0.25) is 0 Å². The lowest BCUT2D eigenvalue weighted by molar-refractivity contribution is -0.140. The van der Waals surface area contributed by atoms with Crippen molar-refractivity contribution in [3.05, 3.63) is 29.8 Å². The van der Waals surface area contributed by atoms with Gasteiger partial charge in [-0.2, -0.15) is 0 Å². The Morgan fingerprint density at radius 3 is 1.96 bits per heavy atom. The number of carbonyl (C=O) groups is 3. The normalized spacial score (nSPS) is 11.8. The summed E-state index contributed by atoms with van der Waals surface area (Å²) in [6, 6.07) is 5.98. The highest BCUT2D eigenvalue weighted by Gasteiger charge is 2.28. The number of carboxylic acids is 2. The molecular formula is C19H26O6. The molecule has 25 heavy (non-hydrogen) atoms. The van der Waals surface area contributed by atoms with E-state index < -0.39 is 23.6 Å². The Labute approximate surface area is 147 Å². The summed E-state index contributed by atoms with van der Waals surface area (Å²) in [6.07, 6.45) is 6.36. The Balaban J connectivity index is 2.30. The standard InChI is InChI=1S/C19H26O6/c20-16-12-9-8-10-14(16)18(23)15(19(24)25)11-6-4-2-1-3-5-7-13-17(21)22/h8-10,12,15,20H,1-7,11,13H2,(H,21,22)(H,24,25). The summed E-state index contributed by atoms with van der Waals surface area (Å²) in [6.45, 7) is 0. The van der Waals surface area contributed by atoms with Crippen LogP contribution >= 0.6 is 0 Å². The number of phenolic OH excluding ortho intramolecular Hbond substituents is 1. The molecular weight excluding hydrogens is 324 g/mol. The van der Waals surface area contributed by atoms with Crippen molar-refractivity contribution < 1.29 is 29.7 Å². The summed E-state index contributed by atoms with van der Waals surface area (Å²) < 4.78 is 0. The summed E-state index contributed by atoms with van der Waals surface area (Å²) >= 11 is 0. The lowest BCUT2D eigenvalue weighted by atomic mass is 9.91. The first-order valence-corrected chi connectivity index (χ1v) is 8.70. The van der Waals surface area contributed by atoms with Crippen LogP contribution in [0.15, 0.2) is 24.3 Å². The van der Waals surface area contributed by atoms with Gasteiger partial charge in [-0.1, -0.05) is 50.7 Å². The fourth-order valence-electron chi connectivity index (χ4n) is 2.74. The molecule has 0 radical (unpaired) electrons. The van der Waals surface area contributed by atoms with Gasteiger partial charge in [-0.3, -0.25) is 14.4 Å². The van der Waals surface area contributed by atoms with Gasteiger partial charge < -0.3 is 15.3 Å². The zero-order valence-corrected chi connectivity index (χ0v) is 14.3. The number of para-hydroxylation sites is 1. The number of Topliss-reactive ketones (excluding diaryl/α,β-unsaturated/α-hetero) is 1. The highest BCUT2D eigenvalue weighted by atomic mass is 16.4. The summed E-state index contributed by atoms with van der Waals surface area (Å²) in [4.78, 5) is 34.1. The SMILES string of the molecule is O=C(O)CCCCCCCCCC(C(=O)O)C(=O)c1ccccc1O. The smallest absolute Gasteiger partial charge is 0.314 e. The van der Waals surface area contributed by atoms with Gasteiger partial charge in [-0.25, -0.2) is 0 Å². The lowest BCUT2D eigenvalue weighted by Gasteiger charge is -2.12. The Hall–Kier alpha value is -2.37. The van der Waals surface area contributed by atoms with E-state index in [1.165, 1.54) is 12.1 Å². The Kier molecular flexibility index (Phi) is 9.29. The average molecular weight is 350 g/mol. The number of carboxylic acid groups (broad SMARTS) is 2. The second-order valence-corrected chi connectivity index (χ2v) is 6.18. The molecule has 6 nitrogen and oxygen atoms in total. The van der Waals surface area contributed by atoms with Crippen molar-refractivity contribution in [3.63, 3.8) is 0 Å². The topological polar surface area (TPSA) is 112 Å². The third kappa shape index (κ3) is 7.83. The van der Waals surface area contributed by atoms with Crippen molar-refractivity contribution in [2.24, 2.45) is 5.92 Å². The zero-order valence-electron chi connectivity index (χ0n) is 14.3. The molecule has 0 aromatic heterocycles. The minimum atomic E-state index is -1.16. The molecule has 1 aromatic rings. The van der Waals surface area contributed by atoms with Crippen molar-refractivity contribution in [1.29, 1.82) is 0 Å². The van der Waals surface area contributed by atoms with Crippen LogP contribution in [-0.4, -0.2) is 33.0 Å². The van der Waals surface area contributed by atoms with Gasteiger partial charge in [0.25, 0.3) is 0 Å². The fourth-order valence-corrected chi connectivity index (χ4v) is 2.74. The summed E-state index contributed by atoms with van der Waals surface area (Å²) in [7, 11) is 0. The molecule has 0 saturated carbocycles. The number of hydrogen-bond donors (Lipinski definition) is 3. The maximum atomic E-state index is 12.3. The molecule has 0 bridgehead atoms. The van der Waals surface area contributed by atoms with Gasteiger partial charge in [0.1, 0.15) is 11.7 Å². The van der Waals surface area contributed by atoms with E-state index in [1.807, 2.05) is 0 Å². The molecule has 0 saturated heterocycles. The molecule has 0 aliphatic heterocycles. The van der Waals surface area contributed by atoms with Crippen LogP contribution in [-0.2, 0) is 9.59 Å². The number of hydrogen-bond acceptors (Lipinski definition) is 4. The predicted octanol–water partition coefficient (Wildman–Crippen LogP) is 3.87. The van der Waals surface area contributed by atoms with Gasteiger partial charge in [0.2, 0.25) is 0 Å². The third-order valence-corrected chi connectivity index (χ3v) is 4.17. The van der Waals surface area contributed by atoms with Crippen LogP contribution in [0.1, 0.15) is 68.1 Å². The second-order valence-electron chi connectivity index (χ2n) is 6.18. The van der Waals surface area contributed by atoms with Crippen molar-refractivity contribution >= 4 is 17.7 Å². The van der Waals surface area contributed by atoms with Crippen LogP contribution in [0, 0.1) is 5.92 Å². The quantitative estimate of drug-likeness (QED) is 0.283. The van der Waals surface area contributed by atoms with Crippen LogP contribution < -0.4 is 0 Å². The highest BCUT2D eigenvalue weighted by molar-refractivity contribution is 6.09. The van der Waals surface area contributed by atoms with Crippen LogP contribution in [0.5, 0.6) is 5.75 Å². The molecule has 1 aromatic carbocycles. The number of aliphatic carboxylic acids is 2. The maximum Gasteiger partial charge on any atom is 0.314 e.